The molecule has 2 heterocycles. The lowest BCUT2D eigenvalue weighted by atomic mass is 10.2. The van der Waals surface area contributed by atoms with Crippen LogP contribution in [0, 0.1) is 6.92 Å². The molecule has 2 saturated heterocycles. The summed E-state index contributed by atoms with van der Waals surface area (Å²) in [5.74, 6) is 1.18. The molecule has 2 atom stereocenters. The van der Waals surface area contributed by atoms with Crippen LogP contribution in [0.5, 0.6) is 23.0 Å². The van der Waals surface area contributed by atoms with E-state index in [1.807, 2.05) is 0 Å². The third-order valence-corrected chi connectivity index (χ3v) is 8.06. The Morgan fingerprint density at radius 3 is 1.45 bits per heavy atom. The second-order valence-corrected chi connectivity index (χ2v) is 12.3. The minimum atomic E-state index is -0.488. The van der Waals surface area contributed by atoms with Crippen molar-refractivity contribution in [3.05, 3.63) is 83.4 Å². The Morgan fingerprint density at radius 1 is 0.571 bits per heavy atom. The van der Waals surface area contributed by atoms with Gasteiger partial charge in [0.2, 0.25) is 0 Å². The van der Waals surface area contributed by atoms with E-state index in [0.717, 1.165) is 77.8 Å². The van der Waals surface area contributed by atoms with Crippen LogP contribution in [0.2, 0.25) is 0 Å². The van der Waals surface area contributed by atoms with Gasteiger partial charge in [-0.25, -0.2) is 9.59 Å². The molecule has 0 N–H and O–H groups in total. The highest BCUT2D eigenvalue weighted by Gasteiger charge is 2.22. The van der Waals surface area contributed by atoms with Gasteiger partial charge in [0.25, 0.3) is 0 Å². The van der Waals surface area contributed by atoms with E-state index in [0.29, 0.717) is 78.3 Å². The molecule has 0 spiro atoms. The van der Waals surface area contributed by atoms with Crippen LogP contribution in [-0.4, -0.2) is 77.0 Å². The van der Waals surface area contributed by atoms with Crippen molar-refractivity contribution in [3.63, 3.8) is 0 Å². The molecule has 49 heavy (non-hydrogen) atoms. The number of hydrogen-bond donors (Lipinski definition) is 0. The molecular weight excluding hydrogens is 628 g/mol. The number of unbranched alkanes of at least 4 members (excludes halogenated alkanes) is 6. The lowest BCUT2D eigenvalue weighted by molar-refractivity contribution is 0.0718. The average Bonchev–Trinajstić information content (AvgIpc) is 4.05. The van der Waals surface area contributed by atoms with E-state index in [1.165, 1.54) is 0 Å². The van der Waals surface area contributed by atoms with E-state index in [-0.39, 0.29) is 0 Å². The molecule has 3 aromatic carbocycles. The van der Waals surface area contributed by atoms with Crippen LogP contribution in [0.25, 0.3) is 0 Å². The van der Waals surface area contributed by atoms with E-state index in [9.17, 15) is 9.59 Å². The van der Waals surface area contributed by atoms with Gasteiger partial charge in [0.05, 0.1) is 50.8 Å². The van der Waals surface area contributed by atoms with Gasteiger partial charge in [0.1, 0.15) is 35.2 Å². The monoisotopic (exact) mass is 676 g/mol. The highest BCUT2D eigenvalue weighted by Crippen LogP contribution is 2.26. The fourth-order valence-electron chi connectivity index (χ4n) is 4.96. The summed E-state index contributed by atoms with van der Waals surface area (Å²) in [5.41, 5.74) is 1.48. The third kappa shape index (κ3) is 13.8. The number of esters is 2. The van der Waals surface area contributed by atoms with Gasteiger partial charge in [-0.3, -0.25) is 0 Å². The molecule has 2 unspecified atom stereocenters. The van der Waals surface area contributed by atoms with E-state index in [2.05, 4.69) is 0 Å². The zero-order valence-electron chi connectivity index (χ0n) is 28.4. The van der Waals surface area contributed by atoms with Crippen LogP contribution in [0.15, 0.2) is 66.7 Å². The second-order valence-electron chi connectivity index (χ2n) is 12.3. The zero-order chi connectivity index (χ0) is 34.1. The number of hydrogen-bond acceptors (Lipinski definition) is 10. The summed E-state index contributed by atoms with van der Waals surface area (Å²) in [6, 6.07) is 18.7. The zero-order valence-corrected chi connectivity index (χ0v) is 28.4. The van der Waals surface area contributed by atoms with Gasteiger partial charge >= 0.3 is 11.9 Å². The van der Waals surface area contributed by atoms with E-state index < -0.39 is 11.9 Å². The van der Waals surface area contributed by atoms with Crippen LogP contribution in [-0.2, 0) is 18.9 Å². The van der Waals surface area contributed by atoms with Crippen LogP contribution in [0.4, 0.5) is 0 Å². The van der Waals surface area contributed by atoms with E-state index >= 15 is 0 Å². The highest BCUT2D eigenvalue weighted by molar-refractivity contribution is 5.92. The molecule has 10 heteroatoms. The highest BCUT2D eigenvalue weighted by atomic mass is 16.6. The topological polar surface area (TPSA) is 115 Å². The summed E-state index contributed by atoms with van der Waals surface area (Å²) in [5, 5.41) is 0. The first-order valence-corrected chi connectivity index (χ1v) is 17.4. The van der Waals surface area contributed by atoms with Crippen LogP contribution < -0.4 is 18.9 Å². The SMILES string of the molecule is Cc1cc(OC(=O)c2ccc(OCCCCCCOCC3CO3)cc2)ccc1OC(=O)c1ccc(OCCCCCCOCC2CO2)cc1. The molecule has 264 valence electrons. The molecule has 2 aliphatic heterocycles. The Bertz CT molecular complexity index is 1430. The average molecular weight is 677 g/mol. The Labute approximate surface area is 288 Å². The Hall–Kier alpha value is -3.96. The van der Waals surface area contributed by atoms with Gasteiger partial charge in [0.15, 0.2) is 0 Å². The quantitative estimate of drug-likeness (QED) is 0.0420. The molecule has 5 rings (SSSR count). The fourth-order valence-corrected chi connectivity index (χ4v) is 4.96. The van der Waals surface area contributed by atoms with Crippen molar-refractivity contribution in [1.82, 2.24) is 0 Å². The summed E-state index contributed by atoms with van der Waals surface area (Å²) in [4.78, 5) is 25.5. The van der Waals surface area contributed by atoms with Crippen LogP contribution in [0.3, 0.4) is 0 Å². The predicted octanol–water partition coefficient (Wildman–Crippen LogP) is 7.14. The molecular formula is C39H48O10. The van der Waals surface area contributed by atoms with E-state index in [4.69, 9.17) is 37.9 Å². The number of carbonyl (C=O) groups excluding carboxylic acids is 2. The number of ether oxygens (including phenoxy) is 8. The number of benzene rings is 3. The van der Waals surface area contributed by atoms with Gasteiger partial charge in [-0.1, -0.05) is 12.8 Å². The molecule has 0 amide bonds. The van der Waals surface area contributed by atoms with Crippen molar-refractivity contribution in [2.75, 3.05) is 52.9 Å². The van der Waals surface area contributed by atoms with Crippen molar-refractivity contribution in [3.8, 4) is 23.0 Å². The van der Waals surface area contributed by atoms with Crippen molar-refractivity contribution in [1.29, 1.82) is 0 Å². The number of aryl methyl sites for hydroxylation is 1. The molecule has 10 nitrogen and oxygen atoms in total. The number of rotatable bonds is 24. The standard InChI is InChI=1S/C39H48O10/c1-29-24-34(48-38(40)30-10-14-32(15-11-30)44-22-8-4-2-6-20-42-25-35-27-46-35)18-19-37(29)49-39(41)31-12-16-33(17-13-31)45-23-9-5-3-7-21-43-26-36-28-47-36/h10-19,24,35-36H,2-9,20-23,25-28H2,1H3. The van der Waals surface area contributed by atoms with Gasteiger partial charge in [-0.05, 0) is 118 Å². The van der Waals surface area contributed by atoms with Crippen LogP contribution >= 0.6 is 0 Å². The molecule has 3 aromatic rings. The maximum atomic E-state index is 12.8. The second kappa shape index (κ2) is 19.9. The normalized spacial score (nSPS) is 16.2. The fraction of sp³-hybridized carbons (Fsp3) is 0.487. The van der Waals surface area contributed by atoms with Crippen molar-refractivity contribution < 1.29 is 47.5 Å². The Morgan fingerprint density at radius 2 is 1.00 bits per heavy atom. The van der Waals surface area contributed by atoms with Crippen LogP contribution in [0.1, 0.15) is 77.6 Å². The third-order valence-electron chi connectivity index (χ3n) is 8.06. The number of epoxide rings is 2. The van der Waals surface area contributed by atoms with Crippen molar-refractivity contribution >= 4 is 11.9 Å². The maximum Gasteiger partial charge on any atom is 0.343 e. The molecule has 0 aromatic heterocycles. The van der Waals surface area contributed by atoms with Crippen molar-refractivity contribution in [2.24, 2.45) is 0 Å². The molecule has 0 bridgehead atoms. The van der Waals surface area contributed by atoms with Crippen molar-refractivity contribution in [2.45, 2.75) is 70.5 Å². The predicted molar refractivity (Wildman–Crippen MR) is 183 cm³/mol. The summed E-state index contributed by atoms with van der Waals surface area (Å²) < 4.78 is 44.2. The molecule has 2 aliphatic rings. The van der Waals surface area contributed by atoms with Gasteiger partial charge in [0, 0.05) is 13.2 Å². The molecule has 0 aliphatic carbocycles. The first-order chi connectivity index (χ1) is 24.0. The Kier molecular flexibility index (Phi) is 14.7. The summed E-state index contributed by atoms with van der Waals surface area (Å²) in [6.07, 6.45) is 8.98. The first-order valence-electron chi connectivity index (χ1n) is 17.4. The largest absolute Gasteiger partial charge is 0.494 e. The molecule has 2 fully saturated rings. The minimum Gasteiger partial charge on any atom is -0.494 e. The summed E-state index contributed by atoms with van der Waals surface area (Å²) in [7, 11) is 0. The maximum absolute atomic E-state index is 12.8. The first kappa shape index (κ1) is 36.3. The molecule has 0 radical (unpaired) electrons. The summed E-state index contributed by atoms with van der Waals surface area (Å²) in [6.45, 7) is 7.65. The Balaban J connectivity index is 0.949. The minimum absolute atomic E-state index is 0.322. The lowest BCUT2D eigenvalue weighted by Crippen LogP contribution is -2.10. The molecule has 0 saturated carbocycles. The smallest absolute Gasteiger partial charge is 0.343 e. The number of carbonyl (C=O) groups is 2. The van der Waals surface area contributed by atoms with Gasteiger partial charge in [-0.15, -0.1) is 0 Å². The summed E-state index contributed by atoms with van der Waals surface area (Å²) >= 11 is 0. The van der Waals surface area contributed by atoms with Gasteiger partial charge < -0.3 is 37.9 Å². The van der Waals surface area contributed by atoms with Gasteiger partial charge in [-0.2, -0.15) is 0 Å². The lowest BCUT2D eigenvalue weighted by Gasteiger charge is -2.11. The van der Waals surface area contributed by atoms with E-state index in [1.54, 1.807) is 73.7 Å².